The van der Waals surface area contributed by atoms with Gasteiger partial charge in [0.1, 0.15) is 0 Å². The van der Waals surface area contributed by atoms with Crippen LogP contribution < -0.4 is 0 Å². The van der Waals surface area contributed by atoms with Gasteiger partial charge in [0.05, 0.1) is 0 Å². The summed E-state index contributed by atoms with van der Waals surface area (Å²) in [4.78, 5) is 20.7. The Morgan fingerprint density at radius 1 is 1.25 bits per heavy atom. The molecule has 0 heterocycles. The zero-order valence-corrected chi connectivity index (χ0v) is 6.49. The third kappa shape index (κ3) is 2.32. The van der Waals surface area contributed by atoms with Gasteiger partial charge in [0, 0.05) is 0 Å². The maximum atomic E-state index is 10.3. The average molecular weight is 200 g/mol. The molecule has 0 saturated carbocycles. The van der Waals surface area contributed by atoms with Crippen molar-refractivity contribution in [3.05, 3.63) is 0 Å². The van der Waals surface area contributed by atoms with Crippen molar-refractivity contribution in [2.75, 3.05) is 0 Å². The Morgan fingerprint density at radius 2 is 1.50 bits per heavy atom. The molecule has 0 fully saturated rings. The predicted octanol–water partition coefficient (Wildman–Crippen LogP) is 0.500. The molecule has 0 atom stereocenters. The predicted molar refractivity (Wildman–Crippen MR) is 25.1 cm³/mol. The summed E-state index contributed by atoms with van der Waals surface area (Å²) in [5.74, 6) is -0.178. The topological polar surface area (TPSA) is 34.1 Å². The second-order valence-electron chi connectivity index (χ2n) is 1.57. The Morgan fingerprint density at radius 3 is 1.50 bits per heavy atom. The number of carbonyl (C=O) groups excluding carboxylic acids is 2. The van der Waals surface area contributed by atoms with E-state index in [0.717, 1.165) is 0 Å². The first-order valence-electron chi connectivity index (χ1n) is 2.19. The molecular weight excluding hydrogens is 193 g/mol. The van der Waals surface area contributed by atoms with E-state index in [-0.39, 0.29) is 11.6 Å². The van der Waals surface area contributed by atoms with Crippen molar-refractivity contribution in [2.45, 2.75) is 18.4 Å². The van der Waals surface area contributed by atoms with Crippen molar-refractivity contribution in [1.29, 1.82) is 0 Å². The molecule has 0 aromatic carbocycles. The molecule has 0 aliphatic rings. The summed E-state index contributed by atoms with van der Waals surface area (Å²) in [5, 5.41) is 0. The fourth-order valence-corrected chi connectivity index (χ4v) is 0.286. The molecule has 0 radical (unpaired) electrons. The molecule has 0 aromatic heterocycles. The average Bonchev–Trinajstić information content (AvgIpc) is 1.64. The van der Waals surface area contributed by atoms with Crippen LogP contribution in [0.2, 0.25) is 4.51 Å². The Bertz CT molecular complexity index is 106. The van der Waals surface area contributed by atoms with Crippen LogP contribution in [0.3, 0.4) is 0 Å². The summed E-state index contributed by atoms with van der Waals surface area (Å²) in [6.07, 6.45) is 0. The van der Waals surface area contributed by atoms with E-state index >= 15 is 0 Å². The minimum absolute atomic E-state index is 0.0890. The van der Waals surface area contributed by atoms with E-state index < -0.39 is 4.51 Å². The van der Waals surface area contributed by atoms with Crippen LogP contribution in [0.25, 0.3) is 0 Å². The third-order valence-electron chi connectivity index (χ3n) is 0.694. The van der Waals surface area contributed by atoms with Crippen LogP contribution in [0.15, 0.2) is 0 Å². The molecular formula is C5H7O2Ru. The Hall–Kier alpha value is -0.0366. The summed E-state index contributed by atoms with van der Waals surface area (Å²) in [7, 11) is 0. The van der Waals surface area contributed by atoms with Crippen molar-refractivity contribution in [2.24, 2.45) is 0 Å². The molecule has 0 saturated heterocycles. The Balaban J connectivity index is 3.83. The molecule has 0 aliphatic heterocycles. The van der Waals surface area contributed by atoms with E-state index in [9.17, 15) is 9.59 Å². The van der Waals surface area contributed by atoms with E-state index in [4.69, 9.17) is 0 Å². The van der Waals surface area contributed by atoms with Crippen LogP contribution in [0.1, 0.15) is 13.8 Å². The summed E-state index contributed by atoms with van der Waals surface area (Å²) < 4.78 is -0.477. The van der Waals surface area contributed by atoms with Crippen LogP contribution in [0, 0.1) is 0 Å². The van der Waals surface area contributed by atoms with Gasteiger partial charge in [0.25, 0.3) is 0 Å². The monoisotopic (exact) mass is 201 g/mol. The molecule has 0 spiro atoms. The fraction of sp³-hybridized carbons (Fsp3) is 0.600. The fourth-order valence-electron chi connectivity index (χ4n) is 0.286. The molecule has 0 amide bonds. The van der Waals surface area contributed by atoms with Crippen molar-refractivity contribution in [3.8, 4) is 0 Å². The molecule has 8 heavy (non-hydrogen) atoms. The molecule has 0 bridgehead atoms. The van der Waals surface area contributed by atoms with Crippen LogP contribution in [-0.2, 0) is 27.9 Å². The van der Waals surface area contributed by atoms with Crippen molar-refractivity contribution in [1.82, 2.24) is 0 Å². The van der Waals surface area contributed by atoms with E-state index in [0.29, 0.717) is 0 Å². The van der Waals surface area contributed by atoms with Gasteiger partial charge in [0.15, 0.2) is 0 Å². The van der Waals surface area contributed by atoms with Crippen molar-refractivity contribution < 1.29 is 27.9 Å². The van der Waals surface area contributed by atoms with Gasteiger partial charge >= 0.3 is 57.8 Å². The normalized spacial score (nSPS) is 9.50. The molecule has 0 unspecified atom stereocenters. The number of hydrogen-bond acceptors (Lipinski definition) is 2. The van der Waals surface area contributed by atoms with Gasteiger partial charge in [-0.1, -0.05) is 0 Å². The number of Topliss-reactive ketones (excluding diaryl/α,β-unsaturated/α-hetero) is 2. The van der Waals surface area contributed by atoms with Crippen LogP contribution >= 0.6 is 0 Å². The third-order valence-corrected chi connectivity index (χ3v) is 2.11. The van der Waals surface area contributed by atoms with Crippen LogP contribution in [-0.4, -0.2) is 11.6 Å². The van der Waals surface area contributed by atoms with Gasteiger partial charge in [-0.05, 0) is 0 Å². The summed E-state index contributed by atoms with van der Waals surface area (Å²) in [6, 6.07) is 0. The molecule has 0 rings (SSSR count). The van der Waals surface area contributed by atoms with Gasteiger partial charge in [-0.2, -0.15) is 0 Å². The summed E-state index contributed by atoms with van der Waals surface area (Å²) in [6.45, 7) is 2.81. The van der Waals surface area contributed by atoms with Gasteiger partial charge in [-0.15, -0.1) is 0 Å². The number of rotatable bonds is 2. The zero-order chi connectivity index (χ0) is 6.73. The number of ketones is 2. The van der Waals surface area contributed by atoms with E-state index in [2.05, 4.69) is 18.3 Å². The number of hydrogen-bond donors (Lipinski definition) is 0. The van der Waals surface area contributed by atoms with E-state index in [1.54, 1.807) is 0 Å². The Labute approximate surface area is 58.3 Å². The van der Waals surface area contributed by atoms with Crippen molar-refractivity contribution in [3.63, 3.8) is 0 Å². The van der Waals surface area contributed by atoms with Crippen molar-refractivity contribution >= 4 is 11.6 Å². The summed E-state index contributed by atoms with van der Waals surface area (Å²) in [5.41, 5.74) is 0. The van der Waals surface area contributed by atoms with E-state index in [1.165, 1.54) is 13.8 Å². The summed E-state index contributed by atoms with van der Waals surface area (Å²) >= 11 is 2.10. The maximum absolute atomic E-state index is 10.3. The molecule has 47 valence electrons. The molecule has 3 heteroatoms. The van der Waals surface area contributed by atoms with Gasteiger partial charge < -0.3 is 0 Å². The first-order chi connectivity index (χ1) is 3.55. The molecule has 0 N–H and O–H groups in total. The standard InChI is InChI=1S/C5H7O2.Ru/c1-4(6)3-5(2)7;/h3H,1-2H3;. The Kier molecular flexibility index (Phi) is 3.07. The van der Waals surface area contributed by atoms with Crippen LogP contribution in [0.5, 0.6) is 0 Å². The van der Waals surface area contributed by atoms with Gasteiger partial charge in [-0.25, -0.2) is 0 Å². The molecule has 2 nitrogen and oxygen atoms in total. The first-order valence-corrected chi connectivity index (χ1v) is 3.19. The number of carbonyl (C=O) groups is 2. The van der Waals surface area contributed by atoms with Gasteiger partial charge in [0.2, 0.25) is 0 Å². The van der Waals surface area contributed by atoms with E-state index in [1.807, 2.05) is 0 Å². The zero-order valence-electron chi connectivity index (χ0n) is 4.75. The molecule has 0 aromatic rings. The second kappa shape index (κ2) is 3.08. The SMILES string of the molecule is CC(=O)[CH]([Ru])C(C)=O. The van der Waals surface area contributed by atoms with Gasteiger partial charge in [-0.3, -0.25) is 0 Å². The van der Waals surface area contributed by atoms with Crippen LogP contribution in [0.4, 0.5) is 0 Å². The minimum atomic E-state index is -0.477. The second-order valence-corrected chi connectivity index (χ2v) is 2.57. The molecule has 0 aliphatic carbocycles. The quantitative estimate of drug-likeness (QED) is 0.480. The first kappa shape index (κ1) is 7.96.